The van der Waals surface area contributed by atoms with Crippen LogP contribution in [0, 0.1) is 5.82 Å². The van der Waals surface area contributed by atoms with E-state index >= 15 is 0 Å². The molecule has 5 heteroatoms. The molecule has 3 rings (SSSR count). The van der Waals surface area contributed by atoms with Crippen molar-refractivity contribution in [1.82, 2.24) is 9.55 Å². The minimum absolute atomic E-state index is 0.0245. The van der Waals surface area contributed by atoms with Crippen LogP contribution in [0.5, 0.6) is 0 Å². The third-order valence-corrected chi connectivity index (χ3v) is 3.49. The van der Waals surface area contributed by atoms with Crippen molar-refractivity contribution < 1.29 is 9.50 Å². The first-order chi connectivity index (χ1) is 10.2. The summed E-state index contributed by atoms with van der Waals surface area (Å²) in [6, 6.07) is 12.0. The van der Waals surface area contributed by atoms with E-state index in [0.717, 1.165) is 22.4 Å². The van der Waals surface area contributed by atoms with E-state index in [-0.39, 0.29) is 12.4 Å². The number of para-hydroxylation sites is 1. The lowest BCUT2D eigenvalue weighted by atomic mass is 10.1. The Morgan fingerprint density at radius 1 is 1.14 bits per heavy atom. The summed E-state index contributed by atoms with van der Waals surface area (Å²) >= 11 is 0. The first-order valence-corrected chi connectivity index (χ1v) is 6.78. The molecular weight excluding hydrogens is 269 g/mol. The number of anilines is 1. The molecule has 0 radical (unpaired) electrons. The van der Waals surface area contributed by atoms with E-state index in [1.807, 2.05) is 16.7 Å². The van der Waals surface area contributed by atoms with Crippen LogP contribution in [-0.2, 0) is 13.0 Å². The topological polar surface area (TPSA) is 64.1 Å². The van der Waals surface area contributed by atoms with Gasteiger partial charge < -0.3 is 15.4 Å². The molecule has 0 spiro atoms. The van der Waals surface area contributed by atoms with Crippen molar-refractivity contribution in [3.63, 3.8) is 0 Å². The molecule has 0 aliphatic carbocycles. The van der Waals surface area contributed by atoms with Gasteiger partial charge in [0.25, 0.3) is 0 Å². The zero-order chi connectivity index (χ0) is 14.8. The molecule has 108 valence electrons. The minimum atomic E-state index is -0.258. The third-order valence-electron chi connectivity index (χ3n) is 3.49. The van der Waals surface area contributed by atoms with E-state index in [1.165, 1.54) is 12.1 Å². The third kappa shape index (κ3) is 2.60. The van der Waals surface area contributed by atoms with E-state index in [9.17, 15) is 9.50 Å². The maximum absolute atomic E-state index is 13.0. The number of hydrogen-bond acceptors (Lipinski definition) is 3. The van der Waals surface area contributed by atoms with Gasteiger partial charge in [-0.25, -0.2) is 9.37 Å². The molecule has 0 fully saturated rings. The fourth-order valence-electron chi connectivity index (χ4n) is 2.49. The number of nitrogens with two attached hydrogens (primary N) is 1. The number of aromatic nitrogens is 2. The predicted octanol–water partition coefficient (Wildman–Crippen LogP) is 2.34. The van der Waals surface area contributed by atoms with Gasteiger partial charge in [0.05, 0.1) is 17.8 Å². The summed E-state index contributed by atoms with van der Waals surface area (Å²) in [5.74, 6) is 0.551. The molecule has 21 heavy (non-hydrogen) atoms. The summed E-state index contributed by atoms with van der Waals surface area (Å²) in [6.45, 7) is 0.479. The SMILES string of the molecule is Nc1cccc2c1nc(Cc1ccc(F)cc1)n2CCO. The van der Waals surface area contributed by atoms with Crippen LogP contribution >= 0.6 is 0 Å². The van der Waals surface area contributed by atoms with Gasteiger partial charge in [0.2, 0.25) is 0 Å². The number of aliphatic hydroxyl groups excluding tert-OH is 1. The molecule has 2 aromatic carbocycles. The van der Waals surface area contributed by atoms with Gasteiger partial charge in [0, 0.05) is 13.0 Å². The molecular formula is C16H16FN3O. The lowest BCUT2D eigenvalue weighted by Gasteiger charge is -2.07. The number of imidazole rings is 1. The Hall–Kier alpha value is -2.40. The number of fused-ring (bicyclic) bond motifs is 1. The highest BCUT2D eigenvalue weighted by Crippen LogP contribution is 2.23. The fraction of sp³-hybridized carbons (Fsp3) is 0.188. The molecule has 4 nitrogen and oxygen atoms in total. The molecule has 0 aliphatic heterocycles. The second-order valence-electron chi connectivity index (χ2n) is 4.92. The van der Waals surface area contributed by atoms with Gasteiger partial charge >= 0.3 is 0 Å². The van der Waals surface area contributed by atoms with E-state index in [4.69, 9.17) is 5.73 Å². The fourth-order valence-corrected chi connectivity index (χ4v) is 2.49. The van der Waals surface area contributed by atoms with Crippen LogP contribution in [0.15, 0.2) is 42.5 Å². The van der Waals surface area contributed by atoms with Gasteiger partial charge in [-0.15, -0.1) is 0 Å². The van der Waals surface area contributed by atoms with Gasteiger partial charge in [-0.2, -0.15) is 0 Å². The number of rotatable bonds is 4. The first-order valence-electron chi connectivity index (χ1n) is 6.78. The highest BCUT2D eigenvalue weighted by molar-refractivity contribution is 5.87. The van der Waals surface area contributed by atoms with Crippen molar-refractivity contribution >= 4 is 16.7 Å². The van der Waals surface area contributed by atoms with Crippen LogP contribution in [0.25, 0.3) is 11.0 Å². The number of nitrogens with zero attached hydrogens (tertiary/aromatic N) is 2. The van der Waals surface area contributed by atoms with Crippen molar-refractivity contribution in [3.05, 3.63) is 59.7 Å². The minimum Gasteiger partial charge on any atom is -0.397 e. The van der Waals surface area contributed by atoms with Crippen molar-refractivity contribution in [2.75, 3.05) is 12.3 Å². The summed E-state index contributed by atoms with van der Waals surface area (Å²) in [7, 11) is 0. The standard InChI is InChI=1S/C16H16FN3O/c17-12-6-4-11(5-7-12)10-15-19-16-13(18)2-1-3-14(16)20(15)8-9-21/h1-7,21H,8-10,18H2. The van der Waals surface area contributed by atoms with Crippen molar-refractivity contribution in [2.24, 2.45) is 0 Å². The highest BCUT2D eigenvalue weighted by Gasteiger charge is 2.12. The Bertz CT molecular complexity index is 765. The Kier molecular flexibility index (Phi) is 3.58. The Morgan fingerprint density at radius 3 is 2.62 bits per heavy atom. The average Bonchev–Trinajstić information content (AvgIpc) is 2.82. The second kappa shape index (κ2) is 5.54. The molecule has 3 N–H and O–H groups in total. The normalized spacial score (nSPS) is 11.1. The molecule has 0 amide bonds. The van der Waals surface area contributed by atoms with E-state index < -0.39 is 0 Å². The van der Waals surface area contributed by atoms with Gasteiger partial charge in [0.15, 0.2) is 0 Å². The number of aliphatic hydroxyl groups is 1. The van der Waals surface area contributed by atoms with Gasteiger partial charge in [-0.3, -0.25) is 0 Å². The molecule has 0 aliphatic rings. The summed E-state index contributed by atoms with van der Waals surface area (Å²) in [5.41, 5.74) is 9.18. The predicted molar refractivity (Wildman–Crippen MR) is 80.4 cm³/mol. The summed E-state index contributed by atoms with van der Waals surface area (Å²) < 4.78 is 14.9. The zero-order valence-corrected chi connectivity index (χ0v) is 11.5. The number of nitrogen functional groups attached to an aromatic ring is 1. The van der Waals surface area contributed by atoms with Crippen molar-refractivity contribution in [2.45, 2.75) is 13.0 Å². The summed E-state index contributed by atoms with van der Waals surface area (Å²) in [4.78, 5) is 4.58. The molecule has 0 atom stereocenters. The molecule has 1 heterocycles. The van der Waals surface area contributed by atoms with E-state index in [0.29, 0.717) is 18.7 Å². The van der Waals surface area contributed by atoms with Crippen LogP contribution in [-0.4, -0.2) is 21.3 Å². The molecule has 1 aromatic heterocycles. The first kappa shape index (κ1) is 13.6. The summed E-state index contributed by atoms with van der Waals surface area (Å²) in [6.07, 6.45) is 0.564. The number of halogens is 1. The molecule has 0 bridgehead atoms. The van der Waals surface area contributed by atoms with Gasteiger partial charge in [-0.1, -0.05) is 18.2 Å². The van der Waals surface area contributed by atoms with E-state index in [1.54, 1.807) is 18.2 Å². The van der Waals surface area contributed by atoms with Crippen molar-refractivity contribution in [3.8, 4) is 0 Å². The smallest absolute Gasteiger partial charge is 0.123 e. The van der Waals surface area contributed by atoms with Gasteiger partial charge in [0.1, 0.15) is 17.2 Å². The Labute approximate surface area is 121 Å². The summed E-state index contributed by atoms with van der Waals surface area (Å²) in [5, 5.41) is 9.26. The Morgan fingerprint density at radius 2 is 1.90 bits per heavy atom. The molecule has 0 saturated carbocycles. The maximum atomic E-state index is 13.0. The molecule has 0 unspecified atom stereocenters. The van der Waals surface area contributed by atoms with Crippen LogP contribution < -0.4 is 5.73 Å². The van der Waals surface area contributed by atoms with Crippen molar-refractivity contribution in [1.29, 1.82) is 0 Å². The van der Waals surface area contributed by atoms with E-state index in [2.05, 4.69) is 4.98 Å². The van der Waals surface area contributed by atoms with Crippen LogP contribution in [0.4, 0.5) is 10.1 Å². The quantitative estimate of drug-likeness (QED) is 0.723. The molecule has 0 saturated heterocycles. The maximum Gasteiger partial charge on any atom is 0.123 e. The van der Waals surface area contributed by atoms with Crippen LogP contribution in [0.3, 0.4) is 0 Å². The van der Waals surface area contributed by atoms with Crippen LogP contribution in [0.2, 0.25) is 0 Å². The monoisotopic (exact) mass is 285 g/mol. The Balaban J connectivity index is 2.06. The average molecular weight is 285 g/mol. The largest absolute Gasteiger partial charge is 0.397 e. The molecule has 3 aromatic rings. The lowest BCUT2D eigenvalue weighted by molar-refractivity contribution is 0.276. The second-order valence-corrected chi connectivity index (χ2v) is 4.92. The van der Waals surface area contributed by atoms with Gasteiger partial charge in [-0.05, 0) is 29.8 Å². The lowest BCUT2D eigenvalue weighted by Crippen LogP contribution is -2.07. The highest BCUT2D eigenvalue weighted by atomic mass is 19.1. The number of benzene rings is 2. The van der Waals surface area contributed by atoms with Crippen LogP contribution in [0.1, 0.15) is 11.4 Å². The zero-order valence-electron chi connectivity index (χ0n) is 11.5. The number of hydrogen-bond donors (Lipinski definition) is 2.